The second kappa shape index (κ2) is 11.0. The molecular weight excluding hydrogens is 465 g/mol. The van der Waals surface area contributed by atoms with E-state index in [2.05, 4.69) is 41.6 Å². The number of rotatable bonds is 7. The van der Waals surface area contributed by atoms with Crippen LogP contribution >= 0.6 is 24.0 Å². The van der Waals surface area contributed by atoms with Gasteiger partial charge in [-0.3, -0.25) is 0 Å². The lowest BCUT2D eigenvalue weighted by Gasteiger charge is -2.16. The van der Waals surface area contributed by atoms with Crippen molar-refractivity contribution >= 4 is 39.8 Å². The minimum atomic E-state index is -2.90. The molecule has 0 aliphatic carbocycles. The molecule has 2 N–H and O–H groups in total. The molecule has 0 aromatic heterocycles. The molecule has 148 valence electrons. The molecule has 1 fully saturated rings. The van der Waals surface area contributed by atoms with Gasteiger partial charge in [0.05, 0.1) is 18.1 Å². The average molecular weight is 495 g/mol. The fourth-order valence-corrected chi connectivity index (χ4v) is 4.37. The maximum Gasteiger partial charge on any atom is 0.191 e. The molecule has 0 saturated carbocycles. The van der Waals surface area contributed by atoms with Gasteiger partial charge in [-0.15, -0.1) is 24.0 Å². The van der Waals surface area contributed by atoms with E-state index in [-0.39, 0.29) is 41.5 Å². The van der Waals surface area contributed by atoms with E-state index in [0.717, 1.165) is 12.3 Å². The second-order valence-corrected chi connectivity index (χ2v) is 8.81. The van der Waals surface area contributed by atoms with E-state index in [9.17, 15) is 8.42 Å². The van der Waals surface area contributed by atoms with E-state index in [1.165, 1.54) is 5.56 Å². The zero-order valence-electron chi connectivity index (χ0n) is 15.7. The van der Waals surface area contributed by atoms with Gasteiger partial charge in [-0.05, 0) is 37.0 Å². The zero-order valence-corrected chi connectivity index (χ0v) is 18.8. The molecule has 0 amide bonds. The van der Waals surface area contributed by atoms with Crippen molar-refractivity contribution in [2.24, 2.45) is 4.99 Å². The standard InChI is InChI=1S/C18H29N3O3S.HI/c1-4-19-18(21-16-9-12-25(22,23)13-16)20-10-11-24-17-7-5-15(6-8-17)14(2)3;/h5-8,14,16H,4,9-13H2,1-3H3,(H2,19,20,21);1H. The number of sulfone groups is 1. The van der Waals surface area contributed by atoms with E-state index in [1.807, 2.05) is 19.1 Å². The SMILES string of the molecule is CCNC(=NCCOc1ccc(C(C)C)cc1)NC1CCS(=O)(=O)C1.I. The van der Waals surface area contributed by atoms with Gasteiger partial charge in [0, 0.05) is 12.6 Å². The summed E-state index contributed by atoms with van der Waals surface area (Å²) in [6.07, 6.45) is 0.630. The summed E-state index contributed by atoms with van der Waals surface area (Å²) < 4.78 is 28.8. The first-order valence-electron chi connectivity index (χ1n) is 8.87. The van der Waals surface area contributed by atoms with Gasteiger partial charge < -0.3 is 15.4 Å². The molecule has 1 aliphatic rings. The molecule has 1 aromatic rings. The van der Waals surface area contributed by atoms with E-state index in [0.29, 0.717) is 31.4 Å². The van der Waals surface area contributed by atoms with Crippen LogP contribution in [0.4, 0.5) is 0 Å². The topological polar surface area (TPSA) is 79.8 Å². The molecule has 0 radical (unpaired) electrons. The number of aliphatic imine (C=N–C) groups is 1. The van der Waals surface area contributed by atoms with Gasteiger partial charge in [0.1, 0.15) is 12.4 Å². The van der Waals surface area contributed by atoms with Crippen LogP contribution in [-0.4, -0.2) is 51.6 Å². The van der Waals surface area contributed by atoms with Crippen molar-refractivity contribution in [2.45, 2.75) is 39.2 Å². The van der Waals surface area contributed by atoms with Crippen LogP contribution in [0.3, 0.4) is 0 Å². The Morgan fingerprint density at radius 2 is 2.00 bits per heavy atom. The van der Waals surface area contributed by atoms with Crippen LogP contribution in [0.15, 0.2) is 29.3 Å². The molecule has 8 heteroatoms. The Morgan fingerprint density at radius 3 is 2.54 bits per heavy atom. The Morgan fingerprint density at radius 1 is 1.31 bits per heavy atom. The molecule has 0 spiro atoms. The van der Waals surface area contributed by atoms with Crippen LogP contribution in [0.25, 0.3) is 0 Å². The minimum absolute atomic E-state index is 0. The lowest BCUT2D eigenvalue weighted by atomic mass is 10.0. The molecule has 1 heterocycles. The Kier molecular flexibility index (Phi) is 9.70. The zero-order chi connectivity index (χ0) is 18.3. The van der Waals surface area contributed by atoms with Crippen molar-refractivity contribution in [1.82, 2.24) is 10.6 Å². The summed E-state index contributed by atoms with van der Waals surface area (Å²) in [5.74, 6) is 2.41. The number of benzene rings is 1. The van der Waals surface area contributed by atoms with Gasteiger partial charge in [-0.1, -0.05) is 26.0 Å². The summed E-state index contributed by atoms with van der Waals surface area (Å²) >= 11 is 0. The third-order valence-corrected chi connectivity index (χ3v) is 5.86. The molecule has 6 nitrogen and oxygen atoms in total. The summed E-state index contributed by atoms with van der Waals surface area (Å²) in [6, 6.07) is 8.05. The molecule has 1 saturated heterocycles. The molecule has 1 atom stereocenters. The maximum atomic E-state index is 11.5. The summed E-state index contributed by atoms with van der Waals surface area (Å²) in [5.41, 5.74) is 1.29. The third-order valence-electron chi connectivity index (χ3n) is 4.09. The van der Waals surface area contributed by atoms with Gasteiger partial charge in [0.2, 0.25) is 0 Å². The van der Waals surface area contributed by atoms with Gasteiger partial charge in [0.25, 0.3) is 0 Å². The monoisotopic (exact) mass is 495 g/mol. The van der Waals surface area contributed by atoms with Crippen molar-refractivity contribution in [3.8, 4) is 5.75 Å². The van der Waals surface area contributed by atoms with Crippen molar-refractivity contribution in [3.05, 3.63) is 29.8 Å². The fraction of sp³-hybridized carbons (Fsp3) is 0.611. The number of nitrogens with zero attached hydrogens (tertiary/aromatic N) is 1. The Labute approximate surface area is 174 Å². The first-order chi connectivity index (χ1) is 11.9. The molecule has 1 aromatic carbocycles. The lowest BCUT2D eigenvalue weighted by Crippen LogP contribution is -2.44. The highest BCUT2D eigenvalue weighted by atomic mass is 127. The Bertz CT molecular complexity index is 675. The fourth-order valence-electron chi connectivity index (χ4n) is 2.69. The molecule has 1 aliphatic heterocycles. The quantitative estimate of drug-likeness (QED) is 0.263. The smallest absolute Gasteiger partial charge is 0.191 e. The lowest BCUT2D eigenvalue weighted by molar-refractivity contribution is 0.328. The molecule has 0 bridgehead atoms. The summed E-state index contributed by atoms with van der Waals surface area (Å²) in [7, 11) is -2.90. The number of nitrogens with one attached hydrogen (secondary N) is 2. The van der Waals surface area contributed by atoms with E-state index >= 15 is 0 Å². The van der Waals surface area contributed by atoms with Crippen LogP contribution in [0.1, 0.15) is 38.7 Å². The third kappa shape index (κ3) is 7.69. The highest BCUT2D eigenvalue weighted by Crippen LogP contribution is 2.18. The van der Waals surface area contributed by atoms with Gasteiger partial charge in [0.15, 0.2) is 15.8 Å². The number of ether oxygens (including phenoxy) is 1. The van der Waals surface area contributed by atoms with Crippen molar-refractivity contribution in [3.63, 3.8) is 0 Å². The summed E-state index contributed by atoms with van der Waals surface area (Å²) in [5, 5.41) is 6.34. The Balaban J connectivity index is 0.00000338. The molecule has 1 unspecified atom stereocenters. The van der Waals surface area contributed by atoms with Gasteiger partial charge >= 0.3 is 0 Å². The first-order valence-corrected chi connectivity index (χ1v) is 10.7. The molecule has 26 heavy (non-hydrogen) atoms. The average Bonchev–Trinajstić information content (AvgIpc) is 2.90. The predicted molar refractivity (Wildman–Crippen MR) is 118 cm³/mol. The number of halogens is 1. The largest absolute Gasteiger partial charge is 0.492 e. The maximum absolute atomic E-state index is 11.5. The summed E-state index contributed by atoms with van der Waals surface area (Å²) in [4.78, 5) is 4.46. The van der Waals surface area contributed by atoms with Crippen LogP contribution in [-0.2, 0) is 9.84 Å². The van der Waals surface area contributed by atoms with Crippen molar-refractivity contribution in [1.29, 1.82) is 0 Å². The summed E-state index contributed by atoms with van der Waals surface area (Å²) in [6.45, 7) is 8.00. The minimum Gasteiger partial charge on any atom is -0.492 e. The van der Waals surface area contributed by atoms with Crippen LogP contribution < -0.4 is 15.4 Å². The number of hydrogen-bond donors (Lipinski definition) is 2. The highest BCUT2D eigenvalue weighted by Gasteiger charge is 2.28. The van der Waals surface area contributed by atoms with Crippen LogP contribution in [0.2, 0.25) is 0 Å². The molecular formula is C18H30IN3O3S. The van der Waals surface area contributed by atoms with E-state index in [1.54, 1.807) is 0 Å². The number of guanidine groups is 1. The second-order valence-electron chi connectivity index (χ2n) is 6.58. The van der Waals surface area contributed by atoms with Crippen molar-refractivity contribution in [2.75, 3.05) is 31.2 Å². The molecule has 2 rings (SSSR count). The predicted octanol–water partition coefficient (Wildman–Crippen LogP) is 2.55. The first kappa shape index (κ1) is 23.0. The van der Waals surface area contributed by atoms with Crippen molar-refractivity contribution < 1.29 is 13.2 Å². The van der Waals surface area contributed by atoms with Crippen LogP contribution in [0, 0.1) is 0 Å². The van der Waals surface area contributed by atoms with Crippen LogP contribution in [0.5, 0.6) is 5.75 Å². The van der Waals surface area contributed by atoms with Gasteiger partial charge in [-0.2, -0.15) is 0 Å². The Hall–Kier alpha value is -1.03. The van der Waals surface area contributed by atoms with E-state index < -0.39 is 9.84 Å². The highest BCUT2D eigenvalue weighted by molar-refractivity contribution is 14.0. The van der Waals surface area contributed by atoms with Gasteiger partial charge in [-0.25, -0.2) is 13.4 Å². The number of hydrogen-bond acceptors (Lipinski definition) is 4. The van der Waals surface area contributed by atoms with E-state index in [4.69, 9.17) is 4.74 Å². The normalized spacial score (nSPS) is 19.1.